The van der Waals surface area contributed by atoms with Crippen LogP contribution in [-0.4, -0.2) is 16.7 Å². The predicted octanol–water partition coefficient (Wildman–Crippen LogP) is 6.89. The fourth-order valence-corrected chi connectivity index (χ4v) is 9.79. The maximum Gasteiger partial charge on any atom is 0.224 e. The SMILES string of the molecule is CC(C)C1=C2C3=C(C[C@H]4C(C)(C)CCC[C@]4(C)C3=C(O)C1=O)C(=O)[C@]21CC[C@]2(C(C)C)CC12. The van der Waals surface area contributed by atoms with E-state index >= 15 is 0 Å². The molecule has 3 saturated carbocycles. The van der Waals surface area contributed by atoms with Crippen molar-refractivity contribution < 1.29 is 14.7 Å². The summed E-state index contributed by atoms with van der Waals surface area (Å²) in [5.74, 6) is 1.25. The number of rotatable bonds is 2. The lowest BCUT2D eigenvalue weighted by Crippen LogP contribution is -2.47. The number of aliphatic hydroxyl groups is 1. The zero-order valence-electron chi connectivity index (χ0n) is 21.5. The second-order valence-electron chi connectivity index (χ2n) is 13.8. The summed E-state index contributed by atoms with van der Waals surface area (Å²) in [7, 11) is 0. The Morgan fingerprint density at radius 1 is 0.909 bits per heavy atom. The molecule has 0 aromatic heterocycles. The number of aliphatic hydroxyl groups excluding tert-OH is 1. The number of hydrogen-bond donors (Lipinski definition) is 1. The van der Waals surface area contributed by atoms with Gasteiger partial charge in [0.15, 0.2) is 11.5 Å². The first-order valence-electron chi connectivity index (χ1n) is 13.4. The fourth-order valence-electron chi connectivity index (χ4n) is 9.79. The van der Waals surface area contributed by atoms with E-state index in [1.807, 2.05) is 0 Å². The highest BCUT2D eigenvalue weighted by Gasteiger charge is 2.76. The third kappa shape index (κ3) is 2.24. The number of carbonyl (C=O) groups excluding carboxylic acids is 2. The van der Waals surface area contributed by atoms with E-state index in [2.05, 4.69) is 48.5 Å². The number of hydrogen-bond acceptors (Lipinski definition) is 3. The van der Waals surface area contributed by atoms with Crippen LogP contribution in [0.2, 0.25) is 0 Å². The van der Waals surface area contributed by atoms with Crippen molar-refractivity contribution in [3.8, 4) is 0 Å². The number of Topliss-reactive ketones (excluding diaryl/α,β-unsaturated/α-hetero) is 2. The van der Waals surface area contributed by atoms with Gasteiger partial charge in [-0.15, -0.1) is 0 Å². The summed E-state index contributed by atoms with van der Waals surface area (Å²) in [5.41, 5.74) is 4.20. The average molecular weight is 449 g/mol. The molecule has 1 spiro atoms. The van der Waals surface area contributed by atoms with Crippen molar-refractivity contribution in [1.82, 2.24) is 0 Å². The molecule has 0 radical (unpaired) electrons. The van der Waals surface area contributed by atoms with Gasteiger partial charge in [-0.2, -0.15) is 0 Å². The summed E-state index contributed by atoms with van der Waals surface area (Å²) in [5, 5.41) is 11.5. The molecule has 3 nitrogen and oxygen atoms in total. The second-order valence-corrected chi connectivity index (χ2v) is 13.8. The average Bonchev–Trinajstić information content (AvgIpc) is 3.31. The second kappa shape index (κ2) is 6.13. The number of carbonyl (C=O) groups is 2. The molecule has 3 fully saturated rings. The molecule has 33 heavy (non-hydrogen) atoms. The van der Waals surface area contributed by atoms with E-state index < -0.39 is 5.41 Å². The van der Waals surface area contributed by atoms with Gasteiger partial charge in [-0.25, -0.2) is 0 Å². The minimum atomic E-state index is -0.524. The van der Waals surface area contributed by atoms with Crippen molar-refractivity contribution in [3.63, 3.8) is 0 Å². The Bertz CT molecular complexity index is 1110. The van der Waals surface area contributed by atoms with Gasteiger partial charge in [0.2, 0.25) is 5.78 Å². The monoisotopic (exact) mass is 448 g/mol. The highest BCUT2D eigenvalue weighted by molar-refractivity contribution is 6.18. The highest BCUT2D eigenvalue weighted by atomic mass is 16.3. The Labute approximate surface area is 198 Å². The van der Waals surface area contributed by atoms with Crippen LogP contribution in [0.4, 0.5) is 0 Å². The van der Waals surface area contributed by atoms with E-state index in [-0.39, 0.29) is 39.6 Å². The molecule has 6 aliphatic carbocycles. The Hall–Kier alpha value is -1.64. The molecule has 178 valence electrons. The third-order valence-electron chi connectivity index (χ3n) is 11.5. The molecule has 0 aromatic carbocycles. The molecule has 1 unspecified atom stereocenters. The maximum absolute atomic E-state index is 14.6. The van der Waals surface area contributed by atoms with Gasteiger partial charge in [0.05, 0.1) is 5.41 Å². The summed E-state index contributed by atoms with van der Waals surface area (Å²) < 4.78 is 0. The Morgan fingerprint density at radius 2 is 1.61 bits per heavy atom. The van der Waals surface area contributed by atoms with Crippen LogP contribution in [0.3, 0.4) is 0 Å². The lowest BCUT2D eigenvalue weighted by Gasteiger charge is -2.55. The lowest BCUT2D eigenvalue weighted by molar-refractivity contribution is -0.123. The predicted molar refractivity (Wildman–Crippen MR) is 129 cm³/mol. The Morgan fingerprint density at radius 3 is 2.18 bits per heavy atom. The topological polar surface area (TPSA) is 54.4 Å². The Balaban J connectivity index is 1.65. The van der Waals surface area contributed by atoms with Crippen LogP contribution in [0.15, 0.2) is 33.6 Å². The van der Waals surface area contributed by atoms with Crippen molar-refractivity contribution in [2.24, 2.45) is 45.3 Å². The molecule has 5 atom stereocenters. The summed E-state index contributed by atoms with van der Waals surface area (Å²) >= 11 is 0. The molecule has 0 aromatic rings. The number of allylic oxidation sites excluding steroid dienone is 5. The Kier molecular flexibility index (Phi) is 4.06. The van der Waals surface area contributed by atoms with E-state index in [4.69, 9.17) is 0 Å². The van der Waals surface area contributed by atoms with Crippen LogP contribution in [0.25, 0.3) is 0 Å². The quantitative estimate of drug-likeness (QED) is 0.500. The van der Waals surface area contributed by atoms with Crippen molar-refractivity contribution in [2.45, 2.75) is 93.4 Å². The van der Waals surface area contributed by atoms with Gasteiger partial charge in [-0.05, 0) is 84.2 Å². The molecular weight excluding hydrogens is 408 g/mol. The lowest BCUT2D eigenvalue weighted by atomic mass is 9.48. The van der Waals surface area contributed by atoms with Crippen LogP contribution in [0, 0.1) is 45.3 Å². The summed E-state index contributed by atoms with van der Waals surface area (Å²) in [6, 6.07) is 0. The van der Waals surface area contributed by atoms with Gasteiger partial charge in [0.1, 0.15) is 0 Å². The van der Waals surface area contributed by atoms with Gasteiger partial charge >= 0.3 is 0 Å². The van der Waals surface area contributed by atoms with Crippen LogP contribution in [0.1, 0.15) is 93.4 Å². The normalized spacial score (nSPS) is 43.2. The molecule has 0 aliphatic heterocycles. The third-order valence-corrected chi connectivity index (χ3v) is 11.5. The van der Waals surface area contributed by atoms with E-state index in [9.17, 15) is 14.7 Å². The molecule has 0 heterocycles. The molecule has 0 bridgehead atoms. The van der Waals surface area contributed by atoms with E-state index in [0.717, 1.165) is 72.8 Å². The largest absolute Gasteiger partial charge is 0.504 e. The van der Waals surface area contributed by atoms with Crippen molar-refractivity contribution >= 4 is 11.6 Å². The zero-order chi connectivity index (χ0) is 23.9. The number of ketones is 2. The molecule has 3 heteroatoms. The van der Waals surface area contributed by atoms with Gasteiger partial charge < -0.3 is 5.11 Å². The van der Waals surface area contributed by atoms with E-state index in [1.165, 1.54) is 0 Å². The van der Waals surface area contributed by atoms with Crippen LogP contribution >= 0.6 is 0 Å². The van der Waals surface area contributed by atoms with Gasteiger partial charge in [-0.3, -0.25) is 9.59 Å². The zero-order valence-corrected chi connectivity index (χ0v) is 21.5. The summed E-state index contributed by atoms with van der Waals surface area (Å²) in [4.78, 5) is 28.4. The number of fused-ring (bicyclic) bond motifs is 5. The van der Waals surface area contributed by atoms with Gasteiger partial charge in [0, 0.05) is 22.1 Å². The molecular formula is C30H40O3. The maximum atomic E-state index is 14.6. The first-order chi connectivity index (χ1) is 15.3. The van der Waals surface area contributed by atoms with Crippen molar-refractivity contribution in [1.29, 1.82) is 0 Å². The molecule has 6 aliphatic rings. The molecule has 0 amide bonds. The fraction of sp³-hybridized carbons (Fsp3) is 0.733. The van der Waals surface area contributed by atoms with E-state index in [1.54, 1.807) is 0 Å². The van der Waals surface area contributed by atoms with Crippen LogP contribution < -0.4 is 0 Å². The van der Waals surface area contributed by atoms with Crippen LogP contribution in [-0.2, 0) is 9.59 Å². The minimum absolute atomic E-state index is 0.00569. The first kappa shape index (κ1) is 21.9. The standard InChI is InChI=1S/C30H40O3/c1-15(2)20-22-21-17(26(33)30(22)12-11-29(16(3)4)14-19(29)30)13-18-27(5,6)9-8-10-28(18,7)23(21)25(32)24(20)31/h15-16,18-19,32H,8-14H2,1-7H3/t18-,19?,28-,29+,30-/m0/s1. The molecule has 0 saturated heterocycles. The van der Waals surface area contributed by atoms with Gasteiger partial charge in [-0.1, -0.05) is 54.9 Å². The highest BCUT2D eigenvalue weighted by Crippen LogP contribution is 2.80. The first-order valence-corrected chi connectivity index (χ1v) is 13.4. The summed E-state index contributed by atoms with van der Waals surface area (Å²) in [6.07, 6.45) is 7.09. The molecule has 1 N–H and O–H groups in total. The van der Waals surface area contributed by atoms with Crippen molar-refractivity contribution in [2.75, 3.05) is 0 Å². The van der Waals surface area contributed by atoms with Crippen molar-refractivity contribution in [3.05, 3.63) is 33.6 Å². The smallest absolute Gasteiger partial charge is 0.224 e. The summed E-state index contributed by atoms with van der Waals surface area (Å²) in [6.45, 7) is 15.7. The van der Waals surface area contributed by atoms with Gasteiger partial charge in [0.25, 0.3) is 0 Å². The molecule has 6 rings (SSSR count). The van der Waals surface area contributed by atoms with Crippen LogP contribution in [0.5, 0.6) is 0 Å². The minimum Gasteiger partial charge on any atom is -0.504 e. The van der Waals surface area contributed by atoms with E-state index in [0.29, 0.717) is 17.6 Å².